The predicted octanol–water partition coefficient (Wildman–Crippen LogP) is 1.79. The van der Waals surface area contributed by atoms with Crippen molar-refractivity contribution in [1.82, 2.24) is 4.90 Å². The van der Waals surface area contributed by atoms with Crippen LogP contribution in [0.5, 0.6) is 0 Å². The van der Waals surface area contributed by atoms with Crippen molar-refractivity contribution in [2.24, 2.45) is 0 Å². The molecule has 4 heteroatoms. The van der Waals surface area contributed by atoms with Gasteiger partial charge in [-0.15, -0.1) is 0 Å². The quantitative estimate of drug-likeness (QED) is 0.701. The highest BCUT2D eigenvalue weighted by Crippen LogP contribution is 2.07. The second-order valence-corrected chi connectivity index (χ2v) is 4.94. The summed E-state index contributed by atoms with van der Waals surface area (Å²) in [6, 6.07) is 8.24. The van der Waals surface area contributed by atoms with Crippen molar-refractivity contribution in [2.75, 3.05) is 33.4 Å². The molecule has 0 aliphatic heterocycles. The Morgan fingerprint density at radius 1 is 1.25 bits per heavy atom. The number of rotatable bonds is 9. The summed E-state index contributed by atoms with van der Waals surface area (Å²) in [5.74, 6) is 0.0933. The van der Waals surface area contributed by atoms with Gasteiger partial charge in [0.1, 0.15) is 0 Å². The van der Waals surface area contributed by atoms with Gasteiger partial charge in [-0.25, -0.2) is 0 Å². The summed E-state index contributed by atoms with van der Waals surface area (Å²) in [5, 5.41) is 9.03. The fourth-order valence-electron chi connectivity index (χ4n) is 2.05. The van der Waals surface area contributed by atoms with E-state index in [1.54, 1.807) is 12.0 Å². The molecule has 0 atom stereocenters. The highest BCUT2D eigenvalue weighted by Gasteiger charge is 2.12. The lowest BCUT2D eigenvalue weighted by atomic mass is 10.1. The second-order valence-electron chi connectivity index (χ2n) is 4.94. The fourth-order valence-corrected chi connectivity index (χ4v) is 2.05. The van der Waals surface area contributed by atoms with Gasteiger partial charge in [0, 0.05) is 33.2 Å². The van der Waals surface area contributed by atoms with E-state index in [9.17, 15) is 4.79 Å². The van der Waals surface area contributed by atoms with Gasteiger partial charge >= 0.3 is 0 Å². The molecule has 112 valence electrons. The molecule has 1 N–H and O–H groups in total. The van der Waals surface area contributed by atoms with Crippen LogP contribution in [0.15, 0.2) is 24.3 Å². The van der Waals surface area contributed by atoms with Gasteiger partial charge < -0.3 is 14.7 Å². The molecule has 0 fully saturated rings. The number of carbonyl (C=O) groups is 1. The molecular weight excluding hydrogens is 254 g/mol. The highest BCUT2D eigenvalue weighted by atomic mass is 16.5. The molecule has 0 heterocycles. The number of aliphatic hydroxyl groups is 1. The molecule has 1 rings (SSSR count). The van der Waals surface area contributed by atoms with Crippen LogP contribution in [-0.4, -0.2) is 49.3 Å². The van der Waals surface area contributed by atoms with Gasteiger partial charge in [0.05, 0.1) is 6.61 Å². The molecule has 4 nitrogen and oxygen atoms in total. The number of aliphatic hydroxyl groups excluding tert-OH is 1. The maximum atomic E-state index is 12.1. The second kappa shape index (κ2) is 9.50. The predicted molar refractivity (Wildman–Crippen MR) is 79.7 cm³/mol. The van der Waals surface area contributed by atoms with E-state index in [2.05, 4.69) is 24.3 Å². The molecule has 0 aliphatic rings. The summed E-state index contributed by atoms with van der Waals surface area (Å²) >= 11 is 0. The molecule has 0 bridgehead atoms. The molecule has 1 aromatic rings. The number of hydrogen-bond acceptors (Lipinski definition) is 3. The van der Waals surface area contributed by atoms with E-state index in [1.165, 1.54) is 11.1 Å². The van der Waals surface area contributed by atoms with Crippen molar-refractivity contribution in [3.8, 4) is 0 Å². The number of benzene rings is 1. The van der Waals surface area contributed by atoms with E-state index in [1.807, 2.05) is 6.92 Å². The van der Waals surface area contributed by atoms with Crippen LogP contribution in [0.1, 0.15) is 24.0 Å². The molecule has 0 aliphatic carbocycles. The first kappa shape index (κ1) is 16.7. The number of methoxy groups -OCH3 is 1. The Balaban J connectivity index is 2.42. The van der Waals surface area contributed by atoms with E-state index in [0.717, 1.165) is 12.8 Å². The monoisotopic (exact) mass is 279 g/mol. The molecule has 20 heavy (non-hydrogen) atoms. The van der Waals surface area contributed by atoms with Crippen molar-refractivity contribution >= 4 is 5.91 Å². The standard InChI is InChI=1S/C16H25NO3/c1-14-4-6-15(7-5-14)8-9-16(19)17(11-12-18)10-3-13-20-2/h4-7,18H,3,8-13H2,1-2H3. The van der Waals surface area contributed by atoms with Crippen molar-refractivity contribution in [1.29, 1.82) is 0 Å². The van der Waals surface area contributed by atoms with Crippen LogP contribution in [0.3, 0.4) is 0 Å². The molecule has 1 amide bonds. The molecular formula is C16H25NO3. The summed E-state index contributed by atoms with van der Waals surface area (Å²) in [6.07, 6.45) is 2.02. The minimum Gasteiger partial charge on any atom is -0.395 e. The summed E-state index contributed by atoms with van der Waals surface area (Å²) < 4.78 is 4.99. The molecule has 0 spiro atoms. The number of hydrogen-bond donors (Lipinski definition) is 1. The third-order valence-electron chi connectivity index (χ3n) is 3.25. The van der Waals surface area contributed by atoms with E-state index < -0.39 is 0 Å². The molecule has 0 saturated heterocycles. The Bertz CT molecular complexity index is 389. The van der Waals surface area contributed by atoms with E-state index in [4.69, 9.17) is 9.84 Å². The van der Waals surface area contributed by atoms with Crippen LogP contribution in [0.4, 0.5) is 0 Å². The van der Waals surface area contributed by atoms with Crippen molar-refractivity contribution in [3.63, 3.8) is 0 Å². The summed E-state index contributed by atoms with van der Waals surface area (Å²) in [6.45, 7) is 3.72. The Kier molecular flexibility index (Phi) is 7.92. The third-order valence-corrected chi connectivity index (χ3v) is 3.25. The number of aryl methyl sites for hydroxylation is 2. The van der Waals surface area contributed by atoms with Crippen LogP contribution in [0.25, 0.3) is 0 Å². The molecule has 0 saturated carbocycles. The average molecular weight is 279 g/mol. The van der Waals surface area contributed by atoms with E-state index >= 15 is 0 Å². The molecule has 0 radical (unpaired) electrons. The van der Waals surface area contributed by atoms with E-state index in [-0.39, 0.29) is 12.5 Å². The maximum absolute atomic E-state index is 12.1. The van der Waals surface area contributed by atoms with Gasteiger partial charge in [-0.2, -0.15) is 0 Å². The van der Waals surface area contributed by atoms with Crippen molar-refractivity contribution in [2.45, 2.75) is 26.2 Å². The largest absolute Gasteiger partial charge is 0.395 e. The van der Waals surface area contributed by atoms with E-state index in [0.29, 0.717) is 26.1 Å². The van der Waals surface area contributed by atoms with Crippen LogP contribution in [0.2, 0.25) is 0 Å². The smallest absolute Gasteiger partial charge is 0.222 e. The van der Waals surface area contributed by atoms with Crippen LogP contribution < -0.4 is 0 Å². The third kappa shape index (κ3) is 6.17. The minimum absolute atomic E-state index is 0.00323. The van der Waals surface area contributed by atoms with Crippen LogP contribution in [-0.2, 0) is 16.0 Å². The lowest BCUT2D eigenvalue weighted by molar-refractivity contribution is -0.131. The van der Waals surface area contributed by atoms with Crippen molar-refractivity contribution < 1.29 is 14.6 Å². The fraction of sp³-hybridized carbons (Fsp3) is 0.562. The lowest BCUT2D eigenvalue weighted by Crippen LogP contribution is -2.35. The maximum Gasteiger partial charge on any atom is 0.222 e. The molecule has 0 unspecified atom stereocenters. The van der Waals surface area contributed by atoms with Crippen molar-refractivity contribution in [3.05, 3.63) is 35.4 Å². The number of ether oxygens (including phenoxy) is 1. The van der Waals surface area contributed by atoms with Gasteiger partial charge in [-0.1, -0.05) is 29.8 Å². The summed E-state index contributed by atoms with van der Waals surface area (Å²) in [7, 11) is 1.65. The van der Waals surface area contributed by atoms with Gasteiger partial charge in [-0.3, -0.25) is 4.79 Å². The minimum atomic E-state index is 0.00323. The van der Waals surface area contributed by atoms with Gasteiger partial charge in [0.15, 0.2) is 0 Å². The average Bonchev–Trinajstić information content (AvgIpc) is 2.45. The Morgan fingerprint density at radius 3 is 2.55 bits per heavy atom. The Morgan fingerprint density at radius 2 is 1.95 bits per heavy atom. The first-order valence-electron chi connectivity index (χ1n) is 7.10. The number of carbonyl (C=O) groups excluding carboxylic acids is 1. The van der Waals surface area contributed by atoms with Gasteiger partial charge in [-0.05, 0) is 25.3 Å². The Hall–Kier alpha value is -1.39. The SMILES string of the molecule is COCCCN(CCO)C(=O)CCc1ccc(C)cc1. The zero-order valence-electron chi connectivity index (χ0n) is 12.5. The highest BCUT2D eigenvalue weighted by molar-refractivity contribution is 5.76. The Labute approximate surface area is 121 Å². The summed E-state index contributed by atoms with van der Waals surface area (Å²) in [5.41, 5.74) is 2.39. The first-order valence-corrected chi connectivity index (χ1v) is 7.10. The first-order chi connectivity index (χ1) is 9.67. The number of amides is 1. The lowest BCUT2D eigenvalue weighted by Gasteiger charge is -2.21. The normalized spacial score (nSPS) is 10.6. The zero-order valence-corrected chi connectivity index (χ0v) is 12.5. The van der Waals surface area contributed by atoms with Crippen LogP contribution >= 0.6 is 0 Å². The van der Waals surface area contributed by atoms with Gasteiger partial charge in [0.2, 0.25) is 5.91 Å². The summed E-state index contributed by atoms with van der Waals surface area (Å²) in [4.78, 5) is 13.9. The number of nitrogens with zero attached hydrogens (tertiary/aromatic N) is 1. The van der Waals surface area contributed by atoms with Gasteiger partial charge in [0.25, 0.3) is 0 Å². The molecule has 0 aromatic heterocycles. The van der Waals surface area contributed by atoms with Crippen LogP contribution in [0, 0.1) is 6.92 Å². The topological polar surface area (TPSA) is 49.8 Å². The zero-order chi connectivity index (χ0) is 14.8. The molecule has 1 aromatic carbocycles.